The number of benzene rings is 1. The molecular formula is C15H22F3P. The van der Waals surface area contributed by atoms with Gasteiger partial charge in [-0.05, 0) is 24.0 Å². The molecule has 0 amide bonds. The summed E-state index contributed by atoms with van der Waals surface area (Å²) in [6.45, 7) is 2.18. The number of hydrogen-bond acceptors (Lipinski definition) is 0. The number of unbranched alkanes of at least 4 members (excludes halogenated alkanes) is 5. The Morgan fingerprint density at radius 1 is 0.947 bits per heavy atom. The molecule has 0 spiro atoms. The van der Waals surface area contributed by atoms with Gasteiger partial charge in [-0.1, -0.05) is 65.8 Å². The average Bonchev–Trinajstić information content (AvgIpc) is 2.37. The highest BCUT2D eigenvalue weighted by Gasteiger charge is 2.32. The van der Waals surface area contributed by atoms with Crippen LogP contribution in [0.25, 0.3) is 0 Å². The molecule has 4 heteroatoms. The van der Waals surface area contributed by atoms with E-state index in [2.05, 4.69) is 6.92 Å². The maximum atomic E-state index is 12.8. The fourth-order valence-corrected chi connectivity index (χ4v) is 3.34. The molecule has 0 aliphatic carbocycles. The van der Waals surface area contributed by atoms with Gasteiger partial charge in [-0.15, -0.1) is 0 Å². The molecule has 1 aromatic rings. The predicted molar refractivity (Wildman–Crippen MR) is 77.6 cm³/mol. The second-order valence-corrected chi connectivity index (χ2v) is 6.13. The van der Waals surface area contributed by atoms with Gasteiger partial charge < -0.3 is 0 Å². The molecule has 0 aromatic heterocycles. The smallest absolute Gasteiger partial charge is 0.166 e. The molecule has 0 fully saturated rings. The number of hydrogen-bond donors (Lipinski definition) is 0. The van der Waals surface area contributed by atoms with Crippen molar-refractivity contribution in [1.29, 1.82) is 0 Å². The molecule has 19 heavy (non-hydrogen) atoms. The fraction of sp³-hybridized carbons (Fsp3) is 0.600. The molecule has 0 saturated carbocycles. The molecule has 1 rings (SSSR count). The van der Waals surface area contributed by atoms with Crippen LogP contribution in [0.3, 0.4) is 0 Å². The van der Waals surface area contributed by atoms with Crippen LogP contribution in [-0.2, 0) is 6.18 Å². The van der Waals surface area contributed by atoms with Gasteiger partial charge in [-0.25, -0.2) is 0 Å². The summed E-state index contributed by atoms with van der Waals surface area (Å²) in [7, 11) is 0.269. The van der Waals surface area contributed by atoms with E-state index in [0.29, 0.717) is 5.30 Å². The minimum Gasteiger partial charge on any atom is -0.166 e. The van der Waals surface area contributed by atoms with Crippen molar-refractivity contribution in [3.63, 3.8) is 0 Å². The van der Waals surface area contributed by atoms with Gasteiger partial charge in [0.15, 0.2) is 0 Å². The van der Waals surface area contributed by atoms with E-state index in [1.807, 2.05) is 0 Å². The Balaban J connectivity index is 2.33. The van der Waals surface area contributed by atoms with Crippen LogP contribution in [0, 0.1) is 0 Å². The molecule has 0 aliphatic rings. The molecule has 0 heterocycles. The molecule has 0 nitrogen and oxygen atoms in total. The Hall–Kier alpha value is -0.560. The number of halogens is 3. The summed E-state index contributed by atoms with van der Waals surface area (Å²) < 4.78 is 38.3. The maximum Gasteiger partial charge on any atom is 0.417 e. The number of alkyl halides is 3. The highest BCUT2D eigenvalue weighted by Crippen LogP contribution is 2.31. The summed E-state index contributed by atoms with van der Waals surface area (Å²) in [6, 6.07) is 5.95. The van der Waals surface area contributed by atoms with Crippen LogP contribution in [0.5, 0.6) is 0 Å². The molecule has 0 bridgehead atoms. The van der Waals surface area contributed by atoms with E-state index in [9.17, 15) is 13.2 Å². The van der Waals surface area contributed by atoms with Crippen molar-refractivity contribution in [2.24, 2.45) is 0 Å². The Kier molecular flexibility index (Phi) is 7.45. The zero-order chi connectivity index (χ0) is 14.1. The molecule has 0 saturated heterocycles. The van der Waals surface area contributed by atoms with Crippen molar-refractivity contribution < 1.29 is 13.2 Å². The minimum absolute atomic E-state index is 0.269. The molecule has 1 aromatic carbocycles. The highest BCUT2D eigenvalue weighted by atomic mass is 31.1. The van der Waals surface area contributed by atoms with Crippen molar-refractivity contribution >= 4 is 13.9 Å². The van der Waals surface area contributed by atoms with E-state index in [4.69, 9.17) is 0 Å². The fourth-order valence-electron chi connectivity index (χ4n) is 2.01. The van der Waals surface area contributed by atoms with Gasteiger partial charge in [0.1, 0.15) is 0 Å². The summed E-state index contributed by atoms with van der Waals surface area (Å²) in [5.41, 5.74) is -0.459. The quantitative estimate of drug-likeness (QED) is 0.446. The lowest BCUT2D eigenvalue weighted by atomic mass is 10.1. The van der Waals surface area contributed by atoms with Gasteiger partial charge in [0.25, 0.3) is 0 Å². The first-order valence-electron chi connectivity index (χ1n) is 6.95. The van der Waals surface area contributed by atoms with Gasteiger partial charge >= 0.3 is 6.18 Å². The summed E-state index contributed by atoms with van der Waals surface area (Å²) in [5, 5.41) is 0.462. The monoisotopic (exact) mass is 290 g/mol. The van der Waals surface area contributed by atoms with Crippen LogP contribution in [0.15, 0.2) is 24.3 Å². The summed E-state index contributed by atoms with van der Waals surface area (Å²) in [4.78, 5) is 0. The van der Waals surface area contributed by atoms with E-state index in [-0.39, 0.29) is 8.58 Å². The maximum absolute atomic E-state index is 12.8. The molecule has 108 valence electrons. The van der Waals surface area contributed by atoms with Gasteiger partial charge in [0.2, 0.25) is 0 Å². The van der Waals surface area contributed by atoms with E-state index < -0.39 is 11.7 Å². The molecule has 1 unspecified atom stereocenters. The second-order valence-electron chi connectivity index (χ2n) is 4.74. The second kappa shape index (κ2) is 8.58. The van der Waals surface area contributed by atoms with Crippen LogP contribution in [0.4, 0.5) is 13.2 Å². The normalized spacial score (nSPS) is 12.4. The molecule has 0 radical (unpaired) electrons. The van der Waals surface area contributed by atoms with Crippen LogP contribution in [-0.4, -0.2) is 6.16 Å². The molecule has 0 aliphatic heterocycles. The van der Waals surface area contributed by atoms with E-state index >= 15 is 0 Å². The topological polar surface area (TPSA) is 0 Å². The Bertz CT molecular complexity index is 361. The predicted octanol–water partition coefficient (Wildman–Crippen LogP) is 5.37. The Morgan fingerprint density at radius 2 is 1.58 bits per heavy atom. The lowest BCUT2D eigenvalue weighted by Crippen LogP contribution is -2.15. The first-order chi connectivity index (χ1) is 9.05. The van der Waals surface area contributed by atoms with Gasteiger partial charge in [-0.2, -0.15) is 13.2 Å². The van der Waals surface area contributed by atoms with Crippen LogP contribution < -0.4 is 5.30 Å². The summed E-state index contributed by atoms with van der Waals surface area (Å²) in [6.07, 6.45) is 3.78. The first-order valence-corrected chi connectivity index (χ1v) is 8.16. The Morgan fingerprint density at radius 3 is 2.26 bits per heavy atom. The largest absolute Gasteiger partial charge is 0.417 e. The SMILES string of the molecule is CCCCCCCCPc1ccccc1C(F)(F)F. The standard InChI is InChI=1S/C15H22F3P/c1-2-3-4-5-6-9-12-19-14-11-8-7-10-13(14)15(16,17)18/h7-8,10-11,19H,2-6,9,12H2,1H3. The van der Waals surface area contributed by atoms with Crippen LogP contribution in [0.2, 0.25) is 0 Å². The zero-order valence-electron chi connectivity index (χ0n) is 11.4. The lowest BCUT2D eigenvalue weighted by Gasteiger charge is -2.12. The number of rotatable bonds is 8. The van der Waals surface area contributed by atoms with E-state index in [1.165, 1.54) is 37.8 Å². The minimum atomic E-state index is -4.22. The Labute approximate surface area is 115 Å². The van der Waals surface area contributed by atoms with Crippen LogP contribution >= 0.6 is 8.58 Å². The first kappa shape index (κ1) is 16.5. The molecular weight excluding hydrogens is 268 g/mol. The lowest BCUT2D eigenvalue weighted by molar-refractivity contribution is -0.136. The zero-order valence-corrected chi connectivity index (χ0v) is 12.4. The van der Waals surface area contributed by atoms with Crippen molar-refractivity contribution in [3.8, 4) is 0 Å². The molecule has 0 N–H and O–H groups in total. The highest BCUT2D eigenvalue weighted by molar-refractivity contribution is 7.47. The van der Waals surface area contributed by atoms with E-state index in [0.717, 1.165) is 19.0 Å². The summed E-state index contributed by atoms with van der Waals surface area (Å²) >= 11 is 0. The third kappa shape index (κ3) is 6.42. The van der Waals surface area contributed by atoms with Crippen LogP contribution in [0.1, 0.15) is 51.0 Å². The van der Waals surface area contributed by atoms with Gasteiger partial charge in [0, 0.05) is 0 Å². The van der Waals surface area contributed by atoms with Gasteiger partial charge in [-0.3, -0.25) is 0 Å². The van der Waals surface area contributed by atoms with Gasteiger partial charge in [0.05, 0.1) is 5.56 Å². The third-order valence-electron chi connectivity index (χ3n) is 3.08. The van der Waals surface area contributed by atoms with Crippen molar-refractivity contribution in [2.45, 2.75) is 51.6 Å². The summed E-state index contributed by atoms with van der Waals surface area (Å²) in [5.74, 6) is 0. The third-order valence-corrected chi connectivity index (χ3v) is 4.50. The molecule has 1 atom stereocenters. The van der Waals surface area contributed by atoms with Crippen molar-refractivity contribution in [3.05, 3.63) is 29.8 Å². The average molecular weight is 290 g/mol. The van der Waals surface area contributed by atoms with Crippen molar-refractivity contribution in [1.82, 2.24) is 0 Å². The van der Waals surface area contributed by atoms with Crippen molar-refractivity contribution in [2.75, 3.05) is 6.16 Å². The van der Waals surface area contributed by atoms with E-state index in [1.54, 1.807) is 12.1 Å².